The second kappa shape index (κ2) is 8.98. The highest BCUT2D eigenvalue weighted by atomic mass is 32.2. The van der Waals surface area contributed by atoms with Crippen LogP contribution in [0.1, 0.15) is 24.8 Å². The molecule has 0 bridgehead atoms. The summed E-state index contributed by atoms with van der Waals surface area (Å²) < 4.78 is 27.9. The third-order valence-corrected chi connectivity index (χ3v) is 7.52. The Morgan fingerprint density at radius 1 is 0.967 bits per heavy atom. The summed E-state index contributed by atoms with van der Waals surface area (Å²) >= 11 is 0. The third kappa shape index (κ3) is 4.40. The van der Waals surface area contributed by atoms with Crippen LogP contribution in [0.3, 0.4) is 0 Å². The van der Waals surface area contributed by atoms with E-state index in [0.29, 0.717) is 25.9 Å². The fourth-order valence-electron chi connectivity index (χ4n) is 4.02. The van der Waals surface area contributed by atoms with E-state index in [1.165, 1.54) is 9.87 Å². The normalized spacial score (nSPS) is 17.3. The van der Waals surface area contributed by atoms with E-state index in [2.05, 4.69) is 17.4 Å². The average Bonchev–Trinajstić information content (AvgIpc) is 3.28. The van der Waals surface area contributed by atoms with Crippen molar-refractivity contribution in [2.45, 2.75) is 36.6 Å². The summed E-state index contributed by atoms with van der Waals surface area (Å²) in [4.78, 5) is 13.0. The number of amides is 1. The molecule has 30 heavy (non-hydrogen) atoms. The zero-order valence-electron chi connectivity index (χ0n) is 16.8. The largest absolute Gasteiger partial charge is 0.355 e. The number of nitrogens with zero attached hydrogens (tertiary/aromatic N) is 1. The topological polar surface area (TPSA) is 66.5 Å². The van der Waals surface area contributed by atoms with Gasteiger partial charge in [-0.3, -0.25) is 4.79 Å². The standard InChI is InChI=1S/C24H26N2O3S/c27-24(25-16-6-10-19-8-2-1-3-9-19)23-13-7-17-26(23)30(28,29)22-15-14-20-11-4-5-12-21(20)18-22/h1-5,8-9,11-12,14-15,18,23H,6-7,10,13,16-17H2,(H,25,27)/t23-/m1/s1. The monoisotopic (exact) mass is 422 g/mol. The number of nitrogens with one attached hydrogen (secondary N) is 1. The lowest BCUT2D eigenvalue weighted by molar-refractivity contribution is -0.124. The maximum absolute atomic E-state index is 13.3. The molecule has 1 aliphatic heterocycles. The van der Waals surface area contributed by atoms with Gasteiger partial charge in [-0.25, -0.2) is 8.42 Å². The number of fused-ring (bicyclic) bond motifs is 1. The van der Waals surface area contributed by atoms with Crippen LogP contribution in [-0.4, -0.2) is 37.8 Å². The molecular formula is C24H26N2O3S. The molecule has 1 N–H and O–H groups in total. The van der Waals surface area contributed by atoms with Crippen molar-refractivity contribution < 1.29 is 13.2 Å². The maximum Gasteiger partial charge on any atom is 0.243 e. The van der Waals surface area contributed by atoms with Crippen LogP contribution in [0.25, 0.3) is 10.8 Å². The summed E-state index contributed by atoms with van der Waals surface area (Å²) in [6.07, 6.45) is 2.94. The highest BCUT2D eigenvalue weighted by Crippen LogP contribution is 2.28. The van der Waals surface area contributed by atoms with Gasteiger partial charge in [0.05, 0.1) is 4.90 Å². The summed E-state index contributed by atoms with van der Waals surface area (Å²) in [5.74, 6) is -0.204. The molecule has 6 heteroatoms. The van der Waals surface area contributed by atoms with Crippen molar-refractivity contribution in [3.8, 4) is 0 Å². The summed E-state index contributed by atoms with van der Waals surface area (Å²) in [6, 6.07) is 22.3. The van der Waals surface area contributed by atoms with Crippen LogP contribution in [0.5, 0.6) is 0 Å². The van der Waals surface area contributed by atoms with Crippen molar-refractivity contribution in [2.24, 2.45) is 0 Å². The number of hydrogen-bond donors (Lipinski definition) is 1. The summed E-state index contributed by atoms with van der Waals surface area (Å²) in [7, 11) is -3.73. The van der Waals surface area contributed by atoms with Crippen LogP contribution in [0.15, 0.2) is 77.7 Å². The van der Waals surface area contributed by atoms with Crippen LogP contribution in [-0.2, 0) is 21.2 Å². The minimum absolute atomic E-state index is 0.204. The van der Waals surface area contributed by atoms with E-state index in [9.17, 15) is 13.2 Å². The highest BCUT2D eigenvalue weighted by molar-refractivity contribution is 7.89. The molecule has 156 valence electrons. The highest BCUT2D eigenvalue weighted by Gasteiger charge is 2.39. The molecular weight excluding hydrogens is 396 g/mol. The Balaban J connectivity index is 1.42. The first-order chi connectivity index (χ1) is 14.6. The predicted molar refractivity (Wildman–Crippen MR) is 119 cm³/mol. The number of benzene rings is 3. The molecule has 0 spiro atoms. The van der Waals surface area contributed by atoms with Crippen LogP contribution in [0, 0.1) is 0 Å². The summed E-state index contributed by atoms with van der Waals surface area (Å²) in [5, 5.41) is 4.80. The SMILES string of the molecule is O=C(NCCCc1ccccc1)[C@H]1CCCN1S(=O)(=O)c1ccc2ccccc2c1. The van der Waals surface area contributed by atoms with Gasteiger partial charge in [-0.1, -0.05) is 60.7 Å². The molecule has 4 rings (SSSR count). The first-order valence-electron chi connectivity index (χ1n) is 10.4. The number of sulfonamides is 1. The van der Waals surface area contributed by atoms with Gasteiger partial charge < -0.3 is 5.32 Å². The molecule has 3 aromatic carbocycles. The van der Waals surface area contributed by atoms with Gasteiger partial charge in [0.1, 0.15) is 6.04 Å². The van der Waals surface area contributed by atoms with Gasteiger partial charge in [0.25, 0.3) is 0 Å². The van der Waals surface area contributed by atoms with Crippen molar-refractivity contribution >= 4 is 26.7 Å². The number of carbonyl (C=O) groups excluding carboxylic acids is 1. The van der Waals surface area contributed by atoms with Gasteiger partial charge in [0.2, 0.25) is 15.9 Å². The van der Waals surface area contributed by atoms with E-state index >= 15 is 0 Å². The van der Waals surface area contributed by atoms with Gasteiger partial charge in [-0.2, -0.15) is 4.31 Å². The first kappa shape index (κ1) is 20.6. The van der Waals surface area contributed by atoms with E-state index in [4.69, 9.17) is 0 Å². The molecule has 1 fully saturated rings. The number of rotatable bonds is 7. The van der Waals surface area contributed by atoms with Crippen LogP contribution in [0.4, 0.5) is 0 Å². The second-order valence-electron chi connectivity index (χ2n) is 7.66. The van der Waals surface area contributed by atoms with Crippen molar-refractivity contribution in [3.05, 3.63) is 78.4 Å². The molecule has 1 saturated heterocycles. The molecule has 0 radical (unpaired) electrons. The minimum Gasteiger partial charge on any atom is -0.355 e. The molecule has 0 saturated carbocycles. The van der Waals surface area contributed by atoms with E-state index in [1.807, 2.05) is 48.5 Å². The van der Waals surface area contributed by atoms with Crippen molar-refractivity contribution in [2.75, 3.05) is 13.1 Å². The molecule has 1 aliphatic rings. The third-order valence-electron chi connectivity index (χ3n) is 5.62. The molecule has 5 nitrogen and oxygen atoms in total. The second-order valence-corrected chi connectivity index (χ2v) is 9.55. The van der Waals surface area contributed by atoms with Gasteiger partial charge in [-0.05, 0) is 54.2 Å². The quantitative estimate of drug-likeness (QED) is 0.590. The summed E-state index contributed by atoms with van der Waals surface area (Å²) in [5.41, 5.74) is 1.23. The van der Waals surface area contributed by atoms with E-state index in [-0.39, 0.29) is 10.8 Å². The van der Waals surface area contributed by atoms with Gasteiger partial charge in [0, 0.05) is 13.1 Å². The maximum atomic E-state index is 13.3. The number of aryl methyl sites for hydroxylation is 1. The summed E-state index contributed by atoms with van der Waals surface area (Å²) in [6.45, 7) is 0.908. The van der Waals surface area contributed by atoms with Crippen LogP contribution >= 0.6 is 0 Å². The Kier molecular flexibility index (Phi) is 6.16. The lowest BCUT2D eigenvalue weighted by Gasteiger charge is -2.23. The molecule has 1 amide bonds. The van der Waals surface area contributed by atoms with Crippen molar-refractivity contribution in [1.82, 2.24) is 9.62 Å². The van der Waals surface area contributed by atoms with Gasteiger partial charge >= 0.3 is 0 Å². The first-order valence-corrected chi connectivity index (χ1v) is 11.8. The zero-order chi connectivity index (χ0) is 21.0. The number of hydrogen-bond acceptors (Lipinski definition) is 3. The molecule has 1 heterocycles. The van der Waals surface area contributed by atoms with E-state index < -0.39 is 16.1 Å². The fraction of sp³-hybridized carbons (Fsp3) is 0.292. The van der Waals surface area contributed by atoms with E-state index in [1.54, 1.807) is 12.1 Å². The van der Waals surface area contributed by atoms with E-state index in [0.717, 1.165) is 23.6 Å². The minimum atomic E-state index is -3.73. The van der Waals surface area contributed by atoms with Crippen LogP contribution in [0.2, 0.25) is 0 Å². The molecule has 1 atom stereocenters. The number of carbonyl (C=O) groups is 1. The van der Waals surface area contributed by atoms with Crippen LogP contribution < -0.4 is 5.32 Å². The Hall–Kier alpha value is -2.70. The molecule has 0 unspecified atom stereocenters. The lowest BCUT2D eigenvalue weighted by atomic mass is 10.1. The average molecular weight is 423 g/mol. The van der Waals surface area contributed by atoms with Crippen molar-refractivity contribution in [3.63, 3.8) is 0 Å². The fourth-order valence-corrected chi connectivity index (χ4v) is 5.71. The Morgan fingerprint density at radius 3 is 2.50 bits per heavy atom. The molecule has 0 aliphatic carbocycles. The molecule has 0 aromatic heterocycles. The van der Waals surface area contributed by atoms with Gasteiger partial charge in [0.15, 0.2) is 0 Å². The lowest BCUT2D eigenvalue weighted by Crippen LogP contribution is -2.46. The zero-order valence-corrected chi connectivity index (χ0v) is 17.6. The Labute approximate surface area is 177 Å². The van der Waals surface area contributed by atoms with Crippen molar-refractivity contribution in [1.29, 1.82) is 0 Å². The Morgan fingerprint density at radius 2 is 1.70 bits per heavy atom. The predicted octanol–water partition coefficient (Wildman–Crippen LogP) is 3.74. The Bertz CT molecular complexity index is 1130. The van der Waals surface area contributed by atoms with Gasteiger partial charge in [-0.15, -0.1) is 0 Å². The smallest absolute Gasteiger partial charge is 0.243 e. The molecule has 3 aromatic rings.